The summed E-state index contributed by atoms with van der Waals surface area (Å²) in [5.74, 6) is -5.18. The highest BCUT2D eigenvalue weighted by Gasteiger charge is 2.24. The summed E-state index contributed by atoms with van der Waals surface area (Å²) >= 11 is 0. The zero-order valence-electron chi connectivity index (χ0n) is 22.9. The largest absolute Gasteiger partial charge is 0.495 e. The van der Waals surface area contributed by atoms with E-state index in [1.54, 1.807) is 36.1 Å². The van der Waals surface area contributed by atoms with E-state index < -0.39 is 40.7 Å². The average Bonchev–Trinajstić information content (AvgIpc) is 3.42. The second-order valence-electron chi connectivity index (χ2n) is 9.72. The number of imidazole rings is 1. The minimum absolute atomic E-state index is 0.00676. The molecule has 0 amide bonds. The second kappa shape index (κ2) is 11.5. The Bertz CT molecular complexity index is 1840. The number of ether oxygens (including phenoxy) is 1. The predicted molar refractivity (Wildman–Crippen MR) is 149 cm³/mol. The molecule has 0 saturated carbocycles. The quantitative estimate of drug-likeness (QED) is 0.116. The number of carbonyl (C=O) groups excluding carboxylic acids is 1. The Morgan fingerprint density at radius 3 is 2.21 bits per heavy atom. The van der Waals surface area contributed by atoms with E-state index in [0.29, 0.717) is 22.6 Å². The van der Waals surface area contributed by atoms with E-state index in [-0.39, 0.29) is 23.1 Å². The van der Waals surface area contributed by atoms with Crippen LogP contribution in [0.1, 0.15) is 46.6 Å². The molecule has 2 heterocycles. The number of pyridine rings is 1. The van der Waals surface area contributed by atoms with E-state index in [0.717, 1.165) is 17.8 Å². The van der Waals surface area contributed by atoms with Gasteiger partial charge in [-0.05, 0) is 78.6 Å². The second-order valence-corrected chi connectivity index (χ2v) is 9.72. The maximum atomic E-state index is 14.2. The summed E-state index contributed by atoms with van der Waals surface area (Å²) in [5, 5.41) is 0. The molecule has 0 aliphatic carbocycles. The van der Waals surface area contributed by atoms with Crippen LogP contribution in [0.5, 0.6) is 5.75 Å². The fraction of sp³-hybridized carbons (Fsp3) is 0.156. The topological polar surface area (TPSA) is 66.1 Å². The number of methoxy groups -OCH3 is 1. The number of aromatic nitrogens is 3. The first-order valence-electron chi connectivity index (χ1n) is 13.0. The number of ketones is 1. The van der Waals surface area contributed by atoms with Crippen molar-refractivity contribution >= 4 is 5.78 Å². The smallest absolute Gasteiger partial charge is 0.262 e. The number of benzene rings is 3. The zero-order chi connectivity index (χ0) is 30.1. The molecule has 6 nitrogen and oxygen atoms in total. The van der Waals surface area contributed by atoms with Crippen LogP contribution in [0.25, 0.3) is 16.8 Å². The molecular weight excluding hydrogens is 550 g/mol. The Hall–Kier alpha value is -4.99. The standard InChI is InChI=1S/C32H25F4N3O3/c1-4-27(21-12-25(34)30(36)26(35)13-21)39-16-22(19-5-8-23(33)9-6-19)11-24(32(39)41)31(40)20-7-10-28(29(14-20)42-3)38-15-18(2)37-17-38/h5-17,27H,4H2,1-3H3. The van der Waals surface area contributed by atoms with Crippen LogP contribution in [0.4, 0.5) is 17.6 Å². The van der Waals surface area contributed by atoms with Gasteiger partial charge in [0.05, 0.1) is 36.4 Å². The van der Waals surface area contributed by atoms with E-state index in [1.165, 1.54) is 54.3 Å². The Morgan fingerprint density at radius 1 is 0.929 bits per heavy atom. The van der Waals surface area contributed by atoms with Crippen LogP contribution in [-0.2, 0) is 0 Å². The van der Waals surface area contributed by atoms with E-state index in [1.807, 2.05) is 6.92 Å². The lowest BCUT2D eigenvalue weighted by molar-refractivity contribution is 0.103. The lowest BCUT2D eigenvalue weighted by Crippen LogP contribution is -2.30. The SMILES string of the molecule is CCC(c1cc(F)c(F)c(F)c1)n1cc(-c2ccc(F)cc2)cc(C(=O)c2ccc(-n3cnc(C)c3)c(OC)c2)c1=O. The number of nitrogens with zero attached hydrogens (tertiary/aromatic N) is 3. The fourth-order valence-electron chi connectivity index (χ4n) is 4.90. The summed E-state index contributed by atoms with van der Waals surface area (Å²) in [7, 11) is 1.45. The van der Waals surface area contributed by atoms with Crippen LogP contribution in [0.3, 0.4) is 0 Å². The van der Waals surface area contributed by atoms with Gasteiger partial charge in [-0.2, -0.15) is 0 Å². The van der Waals surface area contributed by atoms with Crippen molar-refractivity contribution in [3.63, 3.8) is 0 Å². The van der Waals surface area contributed by atoms with Gasteiger partial charge in [-0.25, -0.2) is 22.5 Å². The van der Waals surface area contributed by atoms with Crippen molar-refractivity contribution < 1.29 is 27.1 Å². The van der Waals surface area contributed by atoms with Gasteiger partial charge in [0.15, 0.2) is 23.2 Å². The Kier molecular flexibility index (Phi) is 7.80. The summed E-state index contributed by atoms with van der Waals surface area (Å²) in [4.78, 5) is 31.9. The van der Waals surface area contributed by atoms with Gasteiger partial charge in [0.2, 0.25) is 0 Å². The van der Waals surface area contributed by atoms with E-state index >= 15 is 0 Å². The summed E-state index contributed by atoms with van der Waals surface area (Å²) in [6.45, 7) is 3.52. The molecule has 0 aliphatic rings. The lowest BCUT2D eigenvalue weighted by atomic mass is 9.97. The molecule has 42 heavy (non-hydrogen) atoms. The Labute approximate surface area is 238 Å². The minimum atomic E-state index is -1.62. The average molecular weight is 576 g/mol. The van der Waals surface area contributed by atoms with Crippen LogP contribution in [-0.4, -0.2) is 27.0 Å². The van der Waals surface area contributed by atoms with Crippen LogP contribution in [0.15, 0.2) is 84.2 Å². The summed E-state index contributed by atoms with van der Waals surface area (Å²) in [6.07, 6.45) is 5.00. The normalized spacial score (nSPS) is 11.9. The molecule has 0 N–H and O–H groups in total. The molecule has 0 fully saturated rings. The molecule has 3 aromatic carbocycles. The molecule has 5 aromatic rings. The van der Waals surface area contributed by atoms with Gasteiger partial charge >= 0.3 is 0 Å². The van der Waals surface area contributed by atoms with Crippen LogP contribution in [0.2, 0.25) is 0 Å². The minimum Gasteiger partial charge on any atom is -0.495 e. The summed E-state index contributed by atoms with van der Waals surface area (Å²) < 4.78 is 64.2. The Balaban J connectivity index is 1.68. The van der Waals surface area contributed by atoms with Crippen molar-refractivity contribution in [1.82, 2.24) is 14.1 Å². The molecule has 2 aromatic heterocycles. The molecule has 0 radical (unpaired) electrons. The Morgan fingerprint density at radius 2 is 1.62 bits per heavy atom. The number of halogens is 4. The van der Waals surface area contributed by atoms with Gasteiger partial charge < -0.3 is 13.9 Å². The van der Waals surface area contributed by atoms with Crippen molar-refractivity contribution in [3.05, 3.63) is 135 Å². The third-order valence-corrected chi connectivity index (χ3v) is 7.01. The first kappa shape index (κ1) is 28.5. The van der Waals surface area contributed by atoms with E-state index in [9.17, 15) is 27.2 Å². The molecule has 1 unspecified atom stereocenters. The molecule has 0 bridgehead atoms. The van der Waals surface area contributed by atoms with Crippen molar-refractivity contribution in [2.45, 2.75) is 26.3 Å². The molecular formula is C32H25F4N3O3. The number of hydrogen-bond acceptors (Lipinski definition) is 4. The first-order valence-corrected chi connectivity index (χ1v) is 13.0. The molecule has 0 spiro atoms. The van der Waals surface area contributed by atoms with Gasteiger partial charge in [-0.15, -0.1) is 0 Å². The molecule has 5 rings (SSSR count). The van der Waals surface area contributed by atoms with Crippen molar-refractivity contribution in [1.29, 1.82) is 0 Å². The van der Waals surface area contributed by atoms with Gasteiger partial charge in [-0.1, -0.05) is 19.1 Å². The fourth-order valence-corrected chi connectivity index (χ4v) is 4.90. The summed E-state index contributed by atoms with van der Waals surface area (Å²) in [5.41, 5.74) is 1.49. The number of rotatable bonds is 8. The molecule has 1 atom stereocenters. The molecule has 214 valence electrons. The van der Waals surface area contributed by atoms with E-state index in [4.69, 9.17) is 4.74 Å². The highest BCUT2D eigenvalue weighted by Crippen LogP contribution is 2.29. The van der Waals surface area contributed by atoms with Crippen molar-refractivity contribution in [2.24, 2.45) is 0 Å². The number of carbonyl (C=O) groups is 1. The maximum absolute atomic E-state index is 14.2. The summed E-state index contributed by atoms with van der Waals surface area (Å²) in [6, 6.07) is 12.2. The monoisotopic (exact) mass is 575 g/mol. The van der Waals surface area contributed by atoms with Gasteiger partial charge in [0.25, 0.3) is 5.56 Å². The highest BCUT2D eigenvalue weighted by atomic mass is 19.2. The van der Waals surface area contributed by atoms with E-state index in [2.05, 4.69) is 4.98 Å². The zero-order valence-corrected chi connectivity index (χ0v) is 22.9. The molecule has 0 saturated heterocycles. The van der Waals surface area contributed by atoms with Crippen LogP contribution in [0, 0.1) is 30.2 Å². The van der Waals surface area contributed by atoms with Crippen molar-refractivity contribution in [3.8, 4) is 22.6 Å². The molecule has 0 aliphatic heterocycles. The van der Waals surface area contributed by atoms with Crippen molar-refractivity contribution in [2.75, 3.05) is 7.11 Å². The van der Waals surface area contributed by atoms with Gasteiger partial charge in [0.1, 0.15) is 11.6 Å². The van der Waals surface area contributed by atoms with Gasteiger partial charge in [-0.3, -0.25) is 9.59 Å². The highest BCUT2D eigenvalue weighted by molar-refractivity contribution is 6.09. The third kappa shape index (κ3) is 5.35. The molecule has 10 heteroatoms. The predicted octanol–water partition coefficient (Wildman–Crippen LogP) is 6.80. The third-order valence-electron chi connectivity index (χ3n) is 7.01. The van der Waals surface area contributed by atoms with Crippen LogP contribution >= 0.6 is 0 Å². The number of aryl methyl sites for hydroxylation is 1. The maximum Gasteiger partial charge on any atom is 0.262 e. The first-order chi connectivity index (χ1) is 20.1. The van der Waals surface area contributed by atoms with Crippen LogP contribution < -0.4 is 10.3 Å². The number of hydrogen-bond donors (Lipinski definition) is 0. The lowest BCUT2D eigenvalue weighted by Gasteiger charge is -2.21. The van der Waals surface area contributed by atoms with Gasteiger partial charge in [0, 0.05) is 18.0 Å².